The van der Waals surface area contributed by atoms with E-state index in [0.29, 0.717) is 18.4 Å². The molecule has 1 atom stereocenters. The van der Waals surface area contributed by atoms with Crippen LogP contribution in [0.4, 0.5) is 0 Å². The Morgan fingerprint density at radius 3 is 2.68 bits per heavy atom. The fourth-order valence-electron chi connectivity index (χ4n) is 2.45. The molecule has 1 aliphatic heterocycles. The molecule has 1 saturated heterocycles. The van der Waals surface area contributed by atoms with Crippen molar-refractivity contribution >= 4 is 10.0 Å². The summed E-state index contributed by atoms with van der Waals surface area (Å²) >= 11 is 0. The zero-order valence-corrected chi connectivity index (χ0v) is 12.1. The molecule has 7 heteroatoms. The van der Waals surface area contributed by atoms with E-state index in [0.717, 1.165) is 31.5 Å². The maximum atomic E-state index is 12.3. The van der Waals surface area contributed by atoms with Gasteiger partial charge in [0.1, 0.15) is 6.04 Å². The van der Waals surface area contributed by atoms with Gasteiger partial charge >= 0.3 is 0 Å². The minimum Gasteiger partial charge on any atom is -0.338 e. The van der Waals surface area contributed by atoms with Gasteiger partial charge in [-0.1, -0.05) is 5.16 Å². The lowest BCUT2D eigenvalue weighted by molar-refractivity contribution is 0.288. The average Bonchev–Trinajstić information content (AvgIpc) is 2.92. The van der Waals surface area contributed by atoms with E-state index in [1.807, 2.05) is 0 Å². The summed E-state index contributed by atoms with van der Waals surface area (Å²) in [6.45, 7) is 3.95. The van der Waals surface area contributed by atoms with Crippen molar-refractivity contribution in [2.45, 2.75) is 56.7 Å². The van der Waals surface area contributed by atoms with Gasteiger partial charge in [0.15, 0.2) is 5.82 Å². The quantitative estimate of drug-likeness (QED) is 0.843. The SMILES string of the molecule is CC(C)S(=O)(=O)N1CCCC1c1nc(C2CC2)no1. The predicted octanol–water partition coefficient (Wildman–Crippen LogP) is 1.82. The van der Waals surface area contributed by atoms with Gasteiger partial charge in [-0.3, -0.25) is 0 Å². The Morgan fingerprint density at radius 2 is 2.05 bits per heavy atom. The number of rotatable bonds is 4. The lowest BCUT2D eigenvalue weighted by atomic mass is 10.2. The smallest absolute Gasteiger partial charge is 0.245 e. The number of hydrogen-bond donors (Lipinski definition) is 0. The highest BCUT2D eigenvalue weighted by Gasteiger charge is 2.40. The van der Waals surface area contributed by atoms with E-state index >= 15 is 0 Å². The largest absolute Gasteiger partial charge is 0.338 e. The van der Waals surface area contributed by atoms with E-state index in [9.17, 15) is 8.42 Å². The van der Waals surface area contributed by atoms with Gasteiger partial charge in [0.25, 0.3) is 0 Å². The maximum absolute atomic E-state index is 12.3. The molecule has 2 heterocycles. The summed E-state index contributed by atoms with van der Waals surface area (Å²) in [7, 11) is -3.26. The highest BCUT2D eigenvalue weighted by Crippen LogP contribution is 2.40. The fraction of sp³-hybridized carbons (Fsp3) is 0.833. The summed E-state index contributed by atoms with van der Waals surface area (Å²) in [5, 5.41) is 3.56. The molecule has 19 heavy (non-hydrogen) atoms. The summed E-state index contributed by atoms with van der Waals surface area (Å²) in [6.07, 6.45) is 3.82. The van der Waals surface area contributed by atoms with E-state index in [1.165, 1.54) is 4.31 Å². The van der Waals surface area contributed by atoms with Crippen LogP contribution in [0, 0.1) is 0 Å². The Hall–Kier alpha value is -0.950. The van der Waals surface area contributed by atoms with Crippen molar-refractivity contribution in [3.8, 4) is 0 Å². The summed E-state index contributed by atoms with van der Waals surface area (Å²) in [5.74, 6) is 1.63. The number of nitrogens with zero attached hydrogens (tertiary/aromatic N) is 3. The first-order valence-electron chi connectivity index (χ1n) is 6.84. The van der Waals surface area contributed by atoms with Gasteiger partial charge in [0.2, 0.25) is 15.9 Å². The normalized spacial score (nSPS) is 25.3. The molecule has 1 saturated carbocycles. The minimum absolute atomic E-state index is 0.271. The summed E-state index contributed by atoms with van der Waals surface area (Å²) in [5.41, 5.74) is 0. The van der Waals surface area contributed by atoms with Crippen molar-refractivity contribution < 1.29 is 12.9 Å². The van der Waals surface area contributed by atoms with Gasteiger partial charge < -0.3 is 4.52 Å². The standard InChI is InChI=1S/C12H19N3O3S/c1-8(2)19(16,17)15-7-3-4-10(15)12-13-11(14-18-12)9-5-6-9/h8-10H,3-7H2,1-2H3. The van der Waals surface area contributed by atoms with Crippen LogP contribution in [0.25, 0.3) is 0 Å². The third kappa shape index (κ3) is 2.29. The van der Waals surface area contributed by atoms with Crippen molar-refractivity contribution in [1.82, 2.24) is 14.4 Å². The van der Waals surface area contributed by atoms with Gasteiger partial charge in [-0.05, 0) is 39.5 Å². The molecule has 0 spiro atoms. The van der Waals surface area contributed by atoms with Crippen LogP contribution in [-0.4, -0.2) is 34.7 Å². The van der Waals surface area contributed by atoms with Crippen molar-refractivity contribution in [2.24, 2.45) is 0 Å². The molecule has 1 aliphatic carbocycles. The molecule has 2 fully saturated rings. The minimum atomic E-state index is -3.26. The van der Waals surface area contributed by atoms with Crippen LogP contribution in [0.3, 0.4) is 0 Å². The second-order valence-electron chi connectivity index (χ2n) is 5.63. The van der Waals surface area contributed by atoms with Gasteiger partial charge in [-0.15, -0.1) is 0 Å². The van der Waals surface area contributed by atoms with Gasteiger partial charge in [-0.25, -0.2) is 8.42 Å². The first-order chi connectivity index (χ1) is 9.00. The molecule has 0 N–H and O–H groups in total. The highest BCUT2D eigenvalue weighted by atomic mass is 32.2. The molecular weight excluding hydrogens is 266 g/mol. The second-order valence-corrected chi connectivity index (χ2v) is 8.07. The maximum Gasteiger partial charge on any atom is 0.245 e. The molecule has 6 nitrogen and oxygen atoms in total. The molecule has 3 rings (SSSR count). The molecule has 1 aromatic rings. The third-order valence-electron chi connectivity index (χ3n) is 3.81. The van der Waals surface area contributed by atoms with Gasteiger partial charge in [0.05, 0.1) is 5.25 Å². The zero-order valence-electron chi connectivity index (χ0n) is 11.2. The molecular formula is C12H19N3O3S. The Labute approximate surface area is 113 Å². The lowest BCUT2D eigenvalue weighted by Crippen LogP contribution is -2.36. The van der Waals surface area contributed by atoms with Crippen molar-refractivity contribution in [2.75, 3.05) is 6.54 Å². The molecule has 0 amide bonds. The van der Waals surface area contributed by atoms with Crippen LogP contribution in [0.5, 0.6) is 0 Å². The van der Waals surface area contributed by atoms with E-state index in [4.69, 9.17) is 4.52 Å². The van der Waals surface area contributed by atoms with Crippen LogP contribution in [0.15, 0.2) is 4.52 Å². The van der Waals surface area contributed by atoms with Crippen molar-refractivity contribution in [3.05, 3.63) is 11.7 Å². The summed E-state index contributed by atoms with van der Waals surface area (Å²) < 4.78 is 31.4. The zero-order chi connectivity index (χ0) is 13.6. The van der Waals surface area contributed by atoms with Crippen molar-refractivity contribution in [3.63, 3.8) is 0 Å². The van der Waals surface area contributed by atoms with Crippen LogP contribution < -0.4 is 0 Å². The monoisotopic (exact) mass is 285 g/mol. The highest BCUT2D eigenvalue weighted by molar-refractivity contribution is 7.89. The molecule has 106 valence electrons. The molecule has 0 aromatic carbocycles. The first-order valence-corrected chi connectivity index (χ1v) is 8.34. The Morgan fingerprint density at radius 1 is 1.32 bits per heavy atom. The average molecular weight is 285 g/mol. The number of hydrogen-bond acceptors (Lipinski definition) is 5. The molecule has 0 radical (unpaired) electrons. The molecule has 2 aliphatic rings. The summed E-state index contributed by atoms with van der Waals surface area (Å²) in [4.78, 5) is 4.39. The van der Waals surface area contributed by atoms with Crippen LogP contribution in [-0.2, 0) is 10.0 Å². The van der Waals surface area contributed by atoms with E-state index < -0.39 is 15.3 Å². The molecule has 0 bridgehead atoms. The number of aromatic nitrogens is 2. The Balaban J connectivity index is 1.86. The summed E-state index contributed by atoms with van der Waals surface area (Å²) in [6, 6.07) is -0.271. The van der Waals surface area contributed by atoms with Crippen LogP contribution in [0.2, 0.25) is 0 Å². The third-order valence-corrected chi connectivity index (χ3v) is 6.09. The molecule has 1 unspecified atom stereocenters. The van der Waals surface area contributed by atoms with Gasteiger partial charge in [-0.2, -0.15) is 9.29 Å². The van der Waals surface area contributed by atoms with E-state index in [-0.39, 0.29) is 6.04 Å². The molecule has 1 aromatic heterocycles. The fourth-order valence-corrected chi connectivity index (χ4v) is 3.93. The predicted molar refractivity (Wildman–Crippen MR) is 69.0 cm³/mol. The van der Waals surface area contributed by atoms with Crippen LogP contribution in [0.1, 0.15) is 63.2 Å². The lowest BCUT2D eigenvalue weighted by Gasteiger charge is -2.23. The first kappa shape index (κ1) is 13.1. The van der Waals surface area contributed by atoms with E-state index in [2.05, 4.69) is 10.1 Å². The van der Waals surface area contributed by atoms with E-state index in [1.54, 1.807) is 13.8 Å². The van der Waals surface area contributed by atoms with Crippen molar-refractivity contribution in [1.29, 1.82) is 0 Å². The topological polar surface area (TPSA) is 76.3 Å². The number of sulfonamides is 1. The Bertz CT molecular complexity index is 563. The van der Waals surface area contributed by atoms with Crippen LogP contribution >= 0.6 is 0 Å². The second kappa shape index (κ2) is 4.56. The Kier molecular flexibility index (Phi) is 3.13. The van der Waals surface area contributed by atoms with Gasteiger partial charge in [0, 0.05) is 12.5 Å².